The van der Waals surface area contributed by atoms with Gasteiger partial charge in [-0.2, -0.15) is 0 Å². The van der Waals surface area contributed by atoms with Gasteiger partial charge in [0.2, 0.25) is 0 Å². The number of rotatable bonds is 6. The minimum Gasteiger partial charge on any atom is -0.309 e. The molecule has 306 valence electrons. The lowest BCUT2D eigenvalue weighted by molar-refractivity contribution is 0.661. The first-order chi connectivity index (χ1) is 32.0. The summed E-state index contributed by atoms with van der Waals surface area (Å²) >= 11 is 0. The first-order valence-corrected chi connectivity index (χ1v) is 22.3. The lowest BCUT2D eigenvalue weighted by atomic mass is 9.82. The van der Waals surface area contributed by atoms with Crippen LogP contribution in [0.15, 0.2) is 212 Å². The molecule has 0 saturated heterocycles. The van der Waals surface area contributed by atoms with Crippen LogP contribution in [0, 0.1) is 0 Å². The summed E-state index contributed by atoms with van der Waals surface area (Å²) in [5.41, 5.74) is 16.8. The van der Waals surface area contributed by atoms with Crippen LogP contribution in [0.25, 0.3) is 111 Å². The molecule has 1 aliphatic carbocycles. The van der Waals surface area contributed by atoms with Gasteiger partial charge in [-0.25, -0.2) is 15.0 Å². The molecule has 0 unspecified atom stereocenters. The molecule has 0 fully saturated rings. The summed E-state index contributed by atoms with van der Waals surface area (Å²) < 4.78 is 4.85. The molecule has 0 atom stereocenters. The third-order valence-electron chi connectivity index (χ3n) is 13.6. The topological polar surface area (TPSA) is 48.5 Å². The number of aromatic nitrogens is 5. The van der Waals surface area contributed by atoms with Crippen molar-refractivity contribution < 1.29 is 0 Å². The number of hydrogen-bond acceptors (Lipinski definition) is 3. The molecular formula is C60H41N5. The van der Waals surface area contributed by atoms with E-state index < -0.39 is 0 Å². The van der Waals surface area contributed by atoms with Crippen molar-refractivity contribution in [2.45, 2.75) is 19.3 Å². The summed E-state index contributed by atoms with van der Waals surface area (Å²) in [7, 11) is 0. The molecule has 5 nitrogen and oxygen atoms in total. The van der Waals surface area contributed by atoms with Crippen LogP contribution in [-0.4, -0.2) is 24.1 Å². The fraction of sp³-hybridized carbons (Fsp3) is 0.0500. The fourth-order valence-electron chi connectivity index (χ4n) is 10.4. The summed E-state index contributed by atoms with van der Waals surface area (Å²) in [5.74, 6) is 1.84. The van der Waals surface area contributed by atoms with E-state index in [1.54, 1.807) is 0 Å². The summed E-state index contributed by atoms with van der Waals surface area (Å²) in [6, 6.07) is 76.1. The largest absolute Gasteiger partial charge is 0.309 e. The average molecular weight is 832 g/mol. The van der Waals surface area contributed by atoms with E-state index in [0.717, 1.165) is 61.3 Å². The molecule has 5 heteroatoms. The molecule has 0 amide bonds. The number of benzene rings is 9. The van der Waals surface area contributed by atoms with Gasteiger partial charge in [0.05, 0.1) is 22.1 Å². The van der Waals surface area contributed by atoms with E-state index >= 15 is 0 Å². The van der Waals surface area contributed by atoms with E-state index in [0.29, 0.717) is 17.5 Å². The molecule has 0 radical (unpaired) electrons. The molecule has 0 spiro atoms. The van der Waals surface area contributed by atoms with Gasteiger partial charge in [0.1, 0.15) is 0 Å². The van der Waals surface area contributed by atoms with Gasteiger partial charge < -0.3 is 9.13 Å². The van der Waals surface area contributed by atoms with E-state index in [2.05, 4.69) is 211 Å². The summed E-state index contributed by atoms with van der Waals surface area (Å²) in [6.45, 7) is 4.71. The second-order valence-electron chi connectivity index (χ2n) is 17.7. The summed E-state index contributed by atoms with van der Waals surface area (Å²) in [5, 5.41) is 4.85. The lowest BCUT2D eigenvalue weighted by Gasteiger charge is -2.22. The SMILES string of the molecule is CC1(C)c2ccccc2-c2cc3c4ccccc4n(-c4cc(-c5nc(-c6ccccc6)nc(-c6ccc(-c7ccccc7)cc6)n5)cc(-n5c6ccccc6c6ccccc65)c4)c3cc21. The third-order valence-corrected chi connectivity index (χ3v) is 13.6. The van der Waals surface area contributed by atoms with Crippen LogP contribution in [0.5, 0.6) is 0 Å². The predicted octanol–water partition coefficient (Wildman–Crippen LogP) is 15.0. The van der Waals surface area contributed by atoms with Gasteiger partial charge in [0, 0.05) is 55.0 Å². The Morgan fingerprint density at radius 1 is 0.308 bits per heavy atom. The fourth-order valence-corrected chi connectivity index (χ4v) is 10.4. The van der Waals surface area contributed by atoms with Crippen LogP contribution in [0.4, 0.5) is 0 Å². The zero-order valence-corrected chi connectivity index (χ0v) is 35.9. The molecule has 1 aliphatic rings. The van der Waals surface area contributed by atoms with E-state index in [1.807, 2.05) is 24.3 Å². The number of hydrogen-bond donors (Lipinski definition) is 0. The van der Waals surface area contributed by atoms with Crippen molar-refractivity contribution in [1.82, 2.24) is 24.1 Å². The van der Waals surface area contributed by atoms with Gasteiger partial charge in [-0.1, -0.05) is 178 Å². The molecule has 3 heterocycles. The van der Waals surface area contributed by atoms with Crippen molar-refractivity contribution in [3.63, 3.8) is 0 Å². The zero-order chi connectivity index (χ0) is 43.2. The van der Waals surface area contributed by atoms with Crippen molar-refractivity contribution in [2.75, 3.05) is 0 Å². The van der Waals surface area contributed by atoms with Gasteiger partial charge >= 0.3 is 0 Å². The maximum absolute atomic E-state index is 5.34. The molecule has 0 aliphatic heterocycles. The van der Waals surface area contributed by atoms with Crippen molar-refractivity contribution in [1.29, 1.82) is 0 Å². The first kappa shape index (κ1) is 37.2. The van der Waals surface area contributed by atoms with Crippen LogP contribution < -0.4 is 0 Å². The monoisotopic (exact) mass is 831 g/mol. The van der Waals surface area contributed by atoms with Crippen LogP contribution in [0.1, 0.15) is 25.0 Å². The van der Waals surface area contributed by atoms with Crippen molar-refractivity contribution >= 4 is 43.6 Å². The molecule has 0 bridgehead atoms. The minimum atomic E-state index is -0.161. The van der Waals surface area contributed by atoms with Crippen molar-refractivity contribution in [2.24, 2.45) is 0 Å². The molecule has 13 rings (SSSR count). The molecule has 9 aromatic carbocycles. The van der Waals surface area contributed by atoms with E-state index in [4.69, 9.17) is 15.0 Å². The molecular weight excluding hydrogens is 791 g/mol. The standard InChI is InChI=1S/C60H41N5/c1-60(2)51-25-13-9-21-45(51)49-36-50-48-24-12-16-28-55(48)65(56(50)37-52(49)60)44-34-42(33-43(35-44)64-53-26-14-10-22-46(53)47-23-11-15-27-54(47)64)59-62-57(40-19-7-4-8-20-40)61-58(63-59)41-31-29-39(30-32-41)38-17-5-3-6-18-38/h3-37H,1-2H3. The Hall–Kier alpha value is -8.41. The smallest absolute Gasteiger partial charge is 0.164 e. The molecule has 65 heavy (non-hydrogen) atoms. The Balaban J connectivity index is 1.09. The molecule has 3 aromatic heterocycles. The highest BCUT2D eigenvalue weighted by Gasteiger charge is 2.36. The van der Waals surface area contributed by atoms with Crippen molar-refractivity contribution in [3.05, 3.63) is 223 Å². The maximum Gasteiger partial charge on any atom is 0.164 e. The molecule has 12 aromatic rings. The number of nitrogens with zero attached hydrogens (tertiary/aromatic N) is 5. The molecule has 0 N–H and O–H groups in total. The Kier molecular flexibility index (Phi) is 8.18. The Morgan fingerprint density at radius 2 is 0.738 bits per heavy atom. The normalized spacial score (nSPS) is 12.9. The Bertz CT molecular complexity index is 3790. The highest BCUT2D eigenvalue weighted by molar-refractivity contribution is 6.12. The van der Waals surface area contributed by atoms with Gasteiger partial charge in [0.15, 0.2) is 17.5 Å². The van der Waals surface area contributed by atoms with Crippen LogP contribution in [0.2, 0.25) is 0 Å². The van der Waals surface area contributed by atoms with E-state index in [-0.39, 0.29) is 5.41 Å². The lowest BCUT2D eigenvalue weighted by Crippen LogP contribution is -2.15. The highest BCUT2D eigenvalue weighted by Crippen LogP contribution is 2.51. The van der Waals surface area contributed by atoms with Crippen LogP contribution >= 0.6 is 0 Å². The predicted molar refractivity (Wildman–Crippen MR) is 268 cm³/mol. The third kappa shape index (κ3) is 5.82. The Labute approximate surface area is 376 Å². The number of fused-ring (bicyclic) bond motifs is 9. The maximum atomic E-state index is 5.34. The van der Waals surface area contributed by atoms with Crippen LogP contribution in [-0.2, 0) is 5.41 Å². The minimum absolute atomic E-state index is 0.161. The quantitative estimate of drug-likeness (QED) is 0.168. The number of para-hydroxylation sites is 3. The van der Waals surface area contributed by atoms with Gasteiger partial charge in [-0.15, -0.1) is 0 Å². The molecule has 0 saturated carbocycles. The first-order valence-electron chi connectivity index (χ1n) is 22.3. The summed E-state index contributed by atoms with van der Waals surface area (Å²) in [4.78, 5) is 15.8. The van der Waals surface area contributed by atoms with Crippen LogP contribution in [0.3, 0.4) is 0 Å². The summed E-state index contributed by atoms with van der Waals surface area (Å²) in [6.07, 6.45) is 0. The Morgan fingerprint density at radius 3 is 1.34 bits per heavy atom. The van der Waals surface area contributed by atoms with E-state index in [9.17, 15) is 0 Å². The second-order valence-corrected chi connectivity index (χ2v) is 17.7. The van der Waals surface area contributed by atoms with Crippen molar-refractivity contribution in [3.8, 4) is 67.8 Å². The zero-order valence-electron chi connectivity index (χ0n) is 35.9. The second kappa shape index (κ2) is 14.3. The van der Waals surface area contributed by atoms with E-state index in [1.165, 1.54) is 43.8 Å². The van der Waals surface area contributed by atoms with Gasteiger partial charge in [0.25, 0.3) is 0 Å². The van der Waals surface area contributed by atoms with Gasteiger partial charge in [-0.3, -0.25) is 0 Å². The average Bonchev–Trinajstić information content (AvgIpc) is 3.96. The highest BCUT2D eigenvalue weighted by atomic mass is 15.0. The van der Waals surface area contributed by atoms with Gasteiger partial charge in [-0.05, 0) is 81.9 Å².